The van der Waals surface area contributed by atoms with Crippen LogP contribution in [0.2, 0.25) is 0 Å². The van der Waals surface area contributed by atoms with E-state index in [0.29, 0.717) is 17.9 Å². The number of rotatable bonds is 8. The summed E-state index contributed by atoms with van der Waals surface area (Å²) < 4.78 is 47.9. The highest BCUT2D eigenvalue weighted by molar-refractivity contribution is 7.93. The average molecular weight is 386 g/mol. The molecule has 2 aromatic carbocycles. The molecular formula is C16H19O7PS. The number of aryl methyl sites for hydroxylation is 1. The van der Waals surface area contributed by atoms with Crippen molar-refractivity contribution in [1.29, 1.82) is 0 Å². The van der Waals surface area contributed by atoms with Gasteiger partial charge in [0.15, 0.2) is 4.99 Å². The molecule has 0 aliphatic heterocycles. The Hall–Kier alpha value is -1.70. The van der Waals surface area contributed by atoms with Gasteiger partial charge < -0.3 is 14.5 Å². The summed E-state index contributed by atoms with van der Waals surface area (Å²) in [6, 6.07) is 16.3. The third-order valence-electron chi connectivity index (χ3n) is 3.54. The highest BCUT2D eigenvalue weighted by atomic mass is 32.2. The molecule has 0 saturated carbocycles. The highest BCUT2D eigenvalue weighted by Gasteiger charge is 2.38. The van der Waals surface area contributed by atoms with Crippen LogP contribution >= 0.6 is 7.60 Å². The maximum Gasteiger partial charge on any atom is 0.346 e. The summed E-state index contributed by atoms with van der Waals surface area (Å²) in [5.74, 6) is 1.34. The first-order valence-corrected chi connectivity index (χ1v) is 10.7. The highest BCUT2D eigenvalue weighted by Crippen LogP contribution is 2.46. The third kappa shape index (κ3) is 6.26. The SMILES string of the molecule is O=P(O)(O)C(CCCc1ccc(Oc2ccccc2)cc1)S(=O)(=O)O. The van der Waals surface area contributed by atoms with Gasteiger partial charge in [-0.15, -0.1) is 0 Å². The van der Waals surface area contributed by atoms with Crippen LogP contribution in [0.3, 0.4) is 0 Å². The van der Waals surface area contributed by atoms with Crippen LogP contribution in [0.1, 0.15) is 18.4 Å². The zero-order valence-electron chi connectivity index (χ0n) is 13.2. The minimum Gasteiger partial charge on any atom is -0.457 e. The summed E-state index contributed by atoms with van der Waals surface area (Å²) in [5.41, 5.74) is 0.861. The van der Waals surface area contributed by atoms with Gasteiger partial charge in [-0.2, -0.15) is 8.42 Å². The van der Waals surface area contributed by atoms with Crippen molar-refractivity contribution in [3.63, 3.8) is 0 Å². The standard InChI is InChI=1S/C16H19O7PS/c17-24(18,19)16(25(20,21)22)8-4-5-13-9-11-15(12-10-13)23-14-6-2-1-3-7-14/h1-3,6-7,9-12,16H,4-5,8H2,(H2,17,18,19)(H,20,21,22). The Labute approximate surface area is 146 Å². The molecule has 25 heavy (non-hydrogen) atoms. The van der Waals surface area contributed by atoms with E-state index in [1.165, 1.54) is 0 Å². The predicted octanol–water partition coefficient (Wildman–Crippen LogP) is 3.19. The minimum absolute atomic E-state index is 0.203. The van der Waals surface area contributed by atoms with Crippen LogP contribution in [0.15, 0.2) is 54.6 Å². The van der Waals surface area contributed by atoms with Gasteiger partial charge in [-0.05, 0) is 49.1 Å². The van der Waals surface area contributed by atoms with Crippen molar-refractivity contribution in [1.82, 2.24) is 0 Å². The Balaban J connectivity index is 1.92. The van der Waals surface area contributed by atoms with Crippen LogP contribution in [0.5, 0.6) is 11.5 Å². The summed E-state index contributed by atoms with van der Waals surface area (Å²) in [6.45, 7) is 0. The quantitative estimate of drug-likeness (QED) is 0.470. The van der Waals surface area contributed by atoms with Crippen molar-refractivity contribution >= 4 is 17.7 Å². The molecule has 0 spiro atoms. The molecule has 1 atom stereocenters. The fourth-order valence-corrected chi connectivity index (χ4v) is 4.69. The van der Waals surface area contributed by atoms with E-state index < -0.39 is 22.7 Å². The molecule has 2 rings (SSSR count). The molecule has 1 unspecified atom stereocenters. The molecule has 0 aliphatic rings. The molecule has 0 fully saturated rings. The molecule has 9 heteroatoms. The summed E-state index contributed by atoms with van der Waals surface area (Å²) in [7, 11) is -9.72. The number of benzene rings is 2. The van der Waals surface area contributed by atoms with Crippen LogP contribution < -0.4 is 4.74 Å². The molecule has 0 aromatic heterocycles. The van der Waals surface area contributed by atoms with Crippen LogP contribution in [0.25, 0.3) is 0 Å². The smallest absolute Gasteiger partial charge is 0.346 e. The summed E-state index contributed by atoms with van der Waals surface area (Å²) in [4.78, 5) is 16.0. The van der Waals surface area contributed by atoms with Crippen molar-refractivity contribution in [2.75, 3.05) is 0 Å². The van der Waals surface area contributed by atoms with Gasteiger partial charge in [0.1, 0.15) is 11.5 Å². The number of hydrogen-bond acceptors (Lipinski definition) is 4. The Morgan fingerprint density at radius 3 is 2.04 bits per heavy atom. The second-order valence-electron chi connectivity index (χ2n) is 5.51. The molecule has 0 saturated heterocycles. The van der Waals surface area contributed by atoms with E-state index in [9.17, 15) is 13.0 Å². The van der Waals surface area contributed by atoms with Crippen molar-refractivity contribution in [3.8, 4) is 11.5 Å². The Morgan fingerprint density at radius 1 is 0.960 bits per heavy atom. The monoisotopic (exact) mass is 386 g/mol. The summed E-state index contributed by atoms with van der Waals surface area (Å²) in [5, 5.41) is 0. The lowest BCUT2D eigenvalue weighted by Crippen LogP contribution is -2.20. The van der Waals surface area contributed by atoms with Gasteiger partial charge in [0, 0.05) is 0 Å². The van der Waals surface area contributed by atoms with Crippen molar-refractivity contribution < 1.29 is 32.1 Å². The molecule has 3 N–H and O–H groups in total. The lowest BCUT2D eigenvalue weighted by Gasteiger charge is -2.15. The number of ether oxygens (including phenoxy) is 1. The van der Waals surface area contributed by atoms with Crippen molar-refractivity contribution in [3.05, 3.63) is 60.2 Å². The maximum absolute atomic E-state index is 11.2. The van der Waals surface area contributed by atoms with Gasteiger partial charge in [-0.25, -0.2) is 0 Å². The van der Waals surface area contributed by atoms with Gasteiger partial charge >= 0.3 is 7.60 Å². The first-order chi connectivity index (χ1) is 11.7. The van der Waals surface area contributed by atoms with E-state index in [0.717, 1.165) is 5.56 Å². The lowest BCUT2D eigenvalue weighted by atomic mass is 10.1. The van der Waals surface area contributed by atoms with Crippen LogP contribution in [-0.2, 0) is 21.1 Å². The van der Waals surface area contributed by atoms with Crippen molar-refractivity contribution in [2.24, 2.45) is 0 Å². The zero-order chi connectivity index (χ0) is 18.5. The first-order valence-electron chi connectivity index (χ1n) is 7.49. The van der Waals surface area contributed by atoms with Gasteiger partial charge in [0.2, 0.25) is 0 Å². The Morgan fingerprint density at radius 2 is 1.52 bits per heavy atom. The van der Waals surface area contributed by atoms with Crippen LogP contribution in [0.4, 0.5) is 0 Å². The largest absolute Gasteiger partial charge is 0.457 e. The average Bonchev–Trinajstić information content (AvgIpc) is 2.51. The molecule has 0 bridgehead atoms. The molecule has 0 radical (unpaired) electrons. The maximum atomic E-state index is 11.2. The van der Waals surface area contributed by atoms with Crippen LogP contribution in [-0.4, -0.2) is 27.7 Å². The van der Waals surface area contributed by atoms with E-state index >= 15 is 0 Å². The second-order valence-corrected chi connectivity index (χ2v) is 9.26. The number of hydrogen-bond donors (Lipinski definition) is 3. The molecule has 2 aromatic rings. The third-order valence-corrected chi connectivity index (χ3v) is 7.09. The minimum atomic E-state index is -4.92. The topological polar surface area (TPSA) is 121 Å². The zero-order valence-corrected chi connectivity index (χ0v) is 14.9. The Bertz CT molecular complexity index is 829. The Kier molecular flexibility index (Phi) is 6.37. The van der Waals surface area contributed by atoms with E-state index in [-0.39, 0.29) is 12.8 Å². The van der Waals surface area contributed by atoms with Gasteiger partial charge in [-0.1, -0.05) is 30.3 Å². The molecular weight excluding hydrogens is 367 g/mol. The van der Waals surface area contributed by atoms with E-state index in [1.807, 2.05) is 30.3 Å². The summed E-state index contributed by atoms with van der Waals surface area (Å²) in [6.07, 6.45) is 0.289. The van der Waals surface area contributed by atoms with Crippen LogP contribution in [0, 0.1) is 0 Å². The fraction of sp³-hybridized carbons (Fsp3) is 0.250. The second kappa shape index (κ2) is 8.12. The fourth-order valence-electron chi connectivity index (χ4n) is 2.32. The van der Waals surface area contributed by atoms with E-state index in [4.69, 9.17) is 19.1 Å². The van der Waals surface area contributed by atoms with Gasteiger partial charge in [0.25, 0.3) is 10.1 Å². The van der Waals surface area contributed by atoms with Crippen molar-refractivity contribution in [2.45, 2.75) is 24.3 Å². The molecule has 136 valence electrons. The summed E-state index contributed by atoms with van der Waals surface area (Å²) >= 11 is 0. The van der Waals surface area contributed by atoms with E-state index in [2.05, 4.69) is 0 Å². The molecule has 0 amide bonds. The molecule has 7 nitrogen and oxygen atoms in total. The lowest BCUT2D eigenvalue weighted by molar-refractivity contribution is 0.360. The van der Waals surface area contributed by atoms with Gasteiger partial charge in [0.05, 0.1) is 0 Å². The number of para-hydroxylation sites is 1. The normalized spacial score (nSPS) is 13.4. The van der Waals surface area contributed by atoms with Gasteiger partial charge in [-0.3, -0.25) is 9.12 Å². The van der Waals surface area contributed by atoms with E-state index in [1.54, 1.807) is 24.3 Å². The predicted molar refractivity (Wildman–Crippen MR) is 93.3 cm³/mol. The molecule has 0 aliphatic carbocycles. The molecule has 0 heterocycles. The first kappa shape index (κ1) is 19.6.